The fourth-order valence-electron chi connectivity index (χ4n) is 1.24. The molecule has 4 nitrogen and oxygen atoms in total. The van der Waals surface area contributed by atoms with E-state index in [1.807, 2.05) is 30.3 Å². The monoisotopic (exact) mass is 247 g/mol. The van der Waals surface area contributed by atoms with Crippen molar-refractivity contribution < 1.29 is 4.79 Å². The van der Waals surface area contributed by atoms with Crippen molar-refractivity contribution in [3.05, 3.63) is 59.4 Å². The van der Waals surface area contributed by atoms with Crippen LogP contribution in [0.15, 0.2) is 48.7 Å². The highest BCUT2D eigenvalue weighted by molar-refractivity contribution is 6.30. The lowest BCUT2D eigenvalue weighted by Gasteiger charge is -2.07. The average Bonchev–Trinajstić information content (AvgIpc) is 2.37. The highest BCUT2D eigenvalue weighted by Gasteiger charge is 2.06. The number of halogens is 1. The van der Waals surface area contributed by atoms with E-state index in [1.54, 1.807) is 6.07 Å². The minimum absolute atomic E-state index is 0.265. The first kappa shape index (κ1) is 11.4. The van der Waals surface area contributed by atoms with Crippen molar-refractivity contribution in [3.63, 3.8) is 0 Å². The fourth-order valence-corrected chi connectivity index (χ4v) is 1.40. The molecule has 0 spiro atoms. The highest BCUT2D eigenvalue weighted by atomic mass is 35.5. The summed E-state index contributed by atoms with van der Waals surface area (Å²) in [7, 11) is 0. The van der Waals surface area contributed by atoms with Crippen LogP contribution in [0, 0.1) is 0 Å². The number of para-hydroxylation sites is 1. The predicted molar refractivity (Wildman–Crippen MR) is 66.8 cm³/mol. The standard InChI is InChI=1S/C12H10ClN3O/c13-9-6-7-14-11(8-9)12(17)16-15-10-4-2-1-3-5-10/h1-8,15H,(H,16,17). The molecule has 17 heavy (non-hydrogen) atoms. The van der Waals surface area contributed by atoms with E-state index in [0.29, 0.717) is 5.02 Å². The SMILES string of the molecule is O=C(NNc1ccccc1)c1cc(Cl)ccn1. The van der Waals surface area contributed by atoms with Crippen LogP contribution >= 0.6 is 11.6 Å². The number of nitrogens with one attached hydrogen (secondary N) is 2. The minimum Gasteiger partial charge on any atom is -0.298 e. The van der Waals surface area contributed by atoms with Crippen molar-refractivity contribution in [1.29, 1.82) is 0 Å². The van der Waals surface area contributed by atoms with Gasteiger partial charge in [0, 0.05) is 11.2 Å². The van der Waals surface area contributed by atoms with Gasteiger partial charge in [-0.15, -0.1) is 0 Å². The van der Waals surface area contributed by atoms with Crippen LogP contribution in [0.3, 0.4) is 0 Å². The molecule has 0 fully saturated rings. The van der Waals surface area contributed by atoms with Gasteiger partial charge in [0.05, 0.1) is 5.69 Å². The molecule has 0 saturated carbocycles. The number of pyridine rings is 1. The van der Waals surface area contributed by atoms with Gasteiger partial charge >= 0.3 is 0 Å². The van der Waals surface area contributed by atoms with Crippen LogP contribution in [0.5, 0.6) is 0 Å². The molecule has 86 valence electrons. The molecule has 0 aliphatic carbocycles. The second kappa shape index (κ2) is 5.32. The summed E-state index contributed by atoms with van der Waals surface area (Å²) in [5, 5.41) is 0.477. The number of benzene rings is 1. The molecule has 0 bridgehead atoms. The number of amides is 1. The number of hydrogen-bond acceptors (Lipinski definition) is 3. The summed E-state index contributed by atoms with van der Waals surface area (Å²) >= 11 is 5.77. The lowest BCUT2D eigenvalue weighted by molar-refractivity contribution is 0.0958. The Morgan fingerprint density at radius 1 is 1.18 bits per heavy atom. The summed E-state index contributed by atoms with van der Waals surface area (Å²) in [6.07, 6.45) is 1.49. The zero-order chi connectivity index (χ0) is 12.1. The Balaban J connectivity index is 1.98. The summed E-state index contributed by atoms with van der Waals surface area (Å²) in [6, 6.07) is 12.4. The van der Waals surface area contributed by atoms with Gasteiger partial charge in [0.2, 0.25) is 0 Å². The quantitative estimate of drug-likeness (QED) is 0.820. The van der Waals surface area contributed by atoms with Crippen LogP contribution in [-0.2, 0) is 0 Å². The van der Waals surface area contributed by atoms with E-state index in [1.165, 1.54) is 12.3 Å². The van der Waals surface area contributed by atoms with Gasteiger partial charge in [0.15, 0.2) is 0 Å². The number of hydrazine groups is 1. The third-order valence-corrected chi connectivity index (χ3v) is 2.28. The van der Waals surface area contributed by atoms with Crippen LogP contribution in [0.2, 0.25) is 5.02 Å². The van der Waals surface area contributed by atoms with Crippen LogP contribution in [0.25, 0.3) is 0 Å². The number of carbonyl (C=O) groups excluding carboxylic acids is 1. The molecule has 1 heterocycles. The lowest BCUT2D eigenvalue weighted by Crippen LogP contribution is -2.29. The summed E-state index contributed by atoms with van der Waals surface area (Å²) in [4.78, 5) is 15.6. The molecule has 0 aliphatic heterocycles. The van der Waals surface area contributed by atoms with Gasteiger partial charge < -0.3 is 0 Å². The van der Waals surface area contributed by atoms with E-state index in [2.05, 4.69) is 15.8 Å². The van der Waals surface area contributed by atoms with Crippen molar-refractivity contribution in [3.8, 4) is 0 Å². The lowest BCUT2D eigenvalue weighted by atomic mass is 10.3. The molecular weight excluding hydrogens is 238 g/mol. The summed E-state index contributed by atoms with van der Waals surface area (Å²) < 4.78 is 0. The molecule has 1 amide bonds. The van der Waals surface area contributed by atoms with E-state index < -0.39 is 0 Å². The van der Waals surface area contributed by atoms with Crippen LogP contribution in [0.1, 0.15) is 10.5 Å². The van der Waals surface area contributed by atoms with Gasteiger partial charge in [-0.1, -0.05) is 29.8 Å². The largest absolute Gasteiger partial charge is 0.298 e. The Morgan fingerprint density at radius 3 is 2.65 bits per heavy atom. The number of anilines is 1. The second-order valence-corrected chi connectivity index (χ2v) is 3.74. The van der Waals surface area contributed by atoms with E-state index in [-0.39, 0.29) is 11.6 Å². The van der Waals surface area contributed by atoms with Gasteiger partial charge in [-0.05, 0) is 24.3 Å². The Kier molecular flexibility index (Phi) is 3.57. The summed E-state index contributed by atoms with van der Waals surface area (Å²) in [5.41, 5.74) is 6.37. The van der Waals surface area contributed by atoms with Crippen LogP contribution in [0.4, 0.5) is 5.69 Å². The van der Waals surface area contributed by atoms with Crippen molar-refractivity contribution in [1.82, 2.24) is 10.4 Å². The smallest absolute Gasteiger partial charge is 0.288 e. The maximum absolute atomic E-state index is 11.7. The summed E-state index contributed by atoms with van der Waals surface area (Å²) in [5.74, 6) is -0.337. The number of carbonyl (C=O) groups is 1. The molecule has 1 aromatic heterocycles. The van der Waals surface area contributed by atoms with Crippen molar-refractivity contribution in [2.45, 2.75) is 0 Å². The molecule has 0 aliphatic rings. The van der Waals surface area contributed by atoms with Gasteiger partial charge in [0.1, 0.15) is 5.69 Å². The Hall–Kier alpha value is -2.07. The Morgan fingerprint density at radius 2 is 1.94 bits per heavy atom. The first-order valence-corrected chi connectivity index (χ1v) is 5.36. The first-order valence-electron chi connectivity index (χ1n) is 4.98. The van der Waals surface area contributed by atoms with E-state index in [4.69, 9.17) is 11.6 Å². The Bertz CT molecular complexity index is 516. The third kappa shape index (κ3) is 3.19. The van der Waals surface area contributed by atoms with E-state index in [9.17, 15) is 4.79 Å². The maximum atomic E-state index is 11.7. The minimum atomic E-state index is -0.337. The van der Waals surface area contributed by atoms with E-state index >= 15 is 0 Å². The van der Waals surface area contributed by atoms with Crippen molar-refractivity contribution in [2.24, 2.45) is 0 Å². The van der Waals surface area contributed by atoms with Gasteiger partial charge in [-0.3, -0.25) is 20.6 Å². The molecule has 5 heteroatoms. The number of hydrogen-bond donors (Lipinski definition) is 2. The molecule has 1 aromatic carbocycles. The maximum Gasteiger partial charge on any atom is 0.288 e. The molecule has 0 atom stereocenters. The molecule has 2 rings (SSSR count). The number of nitrogens with zero attached hydrogens (tertiary/aromatic N) is 1. The van der Waals surface area contributed by atoms with Crippen LogP contribution in [-0.4, -0.2) is 10.9 Å². The number of aromatic nitrogens is 1. The normalized spacial score (nSPS) is 9.71. The molecule has 0 unspecified atom stereocenters. The van der Waals surface area contributed by atoms with E-state index in [0.717, 1.165) is 5.69 Å². The Labute approximate surface area is 104 Å². The molecule has 2 aromatic rings. The predicted octanol–water partition coefficient (Wildman–Crippen LogP) is 2.49. The van der Waals surface area contributed by atoms with Gasteiger partial charge in [-0.25, -0.2) is 0 Å². The van der Waals surface area contributed by atoms with Crippen molar-refractivity contribution >= 4 is 23.2 Å². The molecule has 2 N–H and O–H groups in total. The zero-order valence-electron chi connectivity index (χ0n) is 8.85. The topological polar surface area (TPSA) is 54.0 Å². The third-order valence-electron chi connectivity index (χ3n) is 2.05. The highest BCUT2D eigenvalue weighted by Crippen LogP contribution is 2.08. The zero-order valence-corrected chi connectivity index (χ0v) is 9.61. The fraction of sp³-hybridized carbons (Fsp3) is 0. The first-order chi connectivity index (χ1) is 8.25. The molecular formula is C12H10ClN3O. The second-order valence-electron chi connectivity index (χ2n) is 3.30. The number of rotatable bonds is 3. The average molecular weight is 248 g/mol. The van der Waals surface area contributed by atoms with Gasteiger partial charge in [0.25, 0.3) is 5.91 Å². The van der Waals surface area contributed by atoms with Crippen LogP contribution < -0.4 is 10.9 Å². The summed E-state index contributed by atoms with van der Waals surface area (Å²) in [6.45, 7) is 0. The molecule has 0 saturated heterocycles. The molecule has 0 radical (unpaired) electrons. The van der Waals surface area contributed by atoms with Crippen molar-refractivity contribution in [2.75, 3.05) is 5.43 Å². The van der Waals surface area contributed by atoms with Gasteiger partial charge in [-0.2, -0.15) is 0 Å².